The number of hydrogen-bond donors (Lipinski definition) is 2. The van der Waals surface area contributed by atoms with Gasteiger partial charge in [-0.1, -0.05) is 0 Å². The average molecular weight is 548 g/mol. The maximum Gasteiger partial charge on any atom is 0.339 e. The van der Waals surface area contributed by atoms with Crippen LogP contribution in [0.4, 0.5) is 0 Å². The van der Waals surface area contributed by atoms with Gasteiger partial charge in [0, 0.05) is 6.54 Å². The van der Waals surface area contributed by atoms with Crippen LogP contribution in [0.15, 0.2) is 24.0 Å². The van der Waals surface area contributed by atoms with Crippen molar-refractivity contribution in [3.63, 3.8) is 0 Å². The predicted molar refractivity (Wildman–Crippen MR) is 139 cm³/mol. The van der Waals surface area contributed by atoms with Crippen LogP contribution in [0.5, 0.6) is 11.5 Å². The summed E-state index contributed by atoms with van der Waals surface area (Å²) in [6.45, 7) is 5.02. The molecule has 1 aromatic rings. The first-order valence-corrected chi connectivity index (χ1v) is 13.5. The van der Waals surface area contributed by atoms with Gasteiger partial charge in [0.05, 0.1) is 40.4 Å². The molecule has 4 aliphatic rings. The Morgan fingerprint density at radius 3 is 2.69 bits per heavy atom. The van der Waals surface area contributed by atoms with E-state index in [-0.39, 0.29) is 32.0 Å². The normalized spacial score (nSPS) is 27.8. The highest BCUT2D eigenvalue weighted by Gasteiger charge is 2.59. The monoisotopic (exact) mass is 547 g/mol. The van der Waals surface area contributed by atoms with Crippen LogP contribution in [0.25, 0.3) is 0 Å². The lowest BCUT2D eigenvalue weighted by atomic mass is 9.77. The number of aliphatic hydroxyl groups is 2. The molecule has 0 amide bonds. The van der Waals surface area contributed by atoms with Crippen molar-refractivity contribution >= 4 is 11.9 Å². The Labute approximate surface area is 231 Å². The van der Waals surface area contributed by atoms with E-state index in [0.717, 1.165) is 43.5 Å². The maximum atomic E-state index is 13.8. The van der Waals surface area contributed by atoms with Gasteiger partial charge in [-0.25, -0.2) is 4.79 Å². The molecule has 1 unspecified atom stereocenters. The Bertz CT molecular complexity index is 1220. The SMILES string of the molecule is [2H]C([2H])OC(=O)C[C@](O)(CCCC(C)(C)O)C(=O)OC1C(OC)=C[C@@]23CCCN2CCc2cc4c(cc2[C@H]13)OCO4. The molecule has 0 aromatic heterocycles. The van der Waals surface area contributed by atoms with Crippen LogP contribution in [0.1, 0.15) is 72.2 Å². The summed E-state index contributed by atoms with van der Waals surface area (Å²) < 4.78 is 42.3. The van der Waals surface area contributed by atoms with Gasteiger partial charge >= 0.3 is 11.9 Å². The number of rotatable bonds is 9. The van der Waals surface area contributed by atoms with E-state index < -0.39 is 48.3 Å². The third-order valence-electron chi connectivity index (χ3n) is 8.53. The molecule has 5 rings (SSSR count). The fourth-order valence-corrected chi connectivity index (χ4v) is 6.68. The predicted octanol–water partition coefficient (Wildman–Crippen LogP) is 2.58. The Morgan fingerprint density at radius 2 is 1.97 bits per heavy atom. The highest BCUT2D eigenvalue weighted by molar-refractivity contribution is 5.86. The van der Waals surface area contributed by atoms with Crippen LogP contribution in [-0.4, -0.2) is 84.0 Å². The Balaban J connectivity index is 1.49. The molecule has 1 aromatic carbocycles. The minimum absolute atomic E-state index is 0.130. The summed E-state index contributed by atoms with van der Waals surface area (Å²) in [5, 5.41) is 21.7. The average Bonchev–Trinajstić information content (AvgIpc) is 3.56. The van der Waals surface area contributed by atoms with Gasteiger partial charge in [-0.15, -0.1) is 0 Å². The van der Waals surface area contributed by atoms with Gasteiger partial charge in [-0.3, -0.25) is 9.69 Å². The summed E-state index contributed by atoms with van der Waals surface area (Å²) in [5.41, 5.74) is -1.82. The van der Waals surface area contributed by atoms with Gasteiger partial charge in [0.15, 0.2) is 23.2 Å². The minimum Gasteiger partial charge on any atom is -0.497 e. The van der Waals surface area contributed by atoms with Gasteiger partial charge in [0.25, 0.3) is 0 Å². The highest BCUT2D eigenvalue weighted by atomic mass is 16.7. The number of carbonyl (C=O) groups excluding carboxylic acids is 2. The summed E-state index contributed by atoms with van der Waals surface area (Å²) >= 11 is 0. The van der Waals surface area contributed by atoms with Crippen molar-refractivity contribution in [3.8, 4) is 11.5 Å². The number of ether oxygens (including phenoxy) is 5. The first kappa shape index (κ1) is 25.2. The molecule has 1 aliphatic carbocycles. The molecular formula is C29H39NO9. The van der Waals surface area contributed by atoms with Crippen molar-refractivity contribution in [2.75, 3.05) is 34.1 Å². The van der Waals surface area contributed by atoms with Gasteiger partial charge in [0.1, 0.15) is 5.76 Å². The fraction of sp³-hybridized carbons (Fsp3) is 0.655. The first-order valence-electron chi connectivity index (χ1n) is 14.6. The fourth-order valence-electron chi connectivity index (χ4n) is 6.68. The number of nitrogens with zero attached hydrogens (tertiary/aromatic N) is 1. The van der Waals surface area contributed by atoms with E-state index in [0.29, 0.717) is 17.3 Å². The summed E-state index contributed by atoms with van der Waals surface area (Å²) in [6.07, 6.45) is 3.17. The third kappa shape index (κ3) is 5.10. The Hall–Kier alpha value is -2.82. The standard InChI is InChI=1S/C29H39NO9/c1-27(2,33)8-5-10-29(34,16-23(31)36-4)26(32)39-25-22(35-3)15-28-9-6-11-30(28)12-7-18-13-20-21(38-17-37-20)14-19(18)24(25)28/h13-15,24-25,33-34H,5-12,16-17H2,1-4H3/t24-,25?,28-,29-/m1/s1/i4D2. The van der Waals surface area contributed by atoms with E-state index in [1.165, 1.54) is 7.11 Å². The lowest BCUT2D eigenvalue weighted by Gasteiger charge is -2.39. The Kier molecular flexibility index (Phi) is 6.64. The first-order chi connectivity index (χ1) is 19.3. The van der Waals surface area contributed by atoms with Crippen LogP contribution in [-0.2, 0) is 30.2 Å². The van der Waals surface area contributed by atoms with Gasteiger partial charge in [0.2, 0.25) is 6.79 Å². The van der Waals surface area contributed by atoms with E-state index in [1.807, 2.05) is 18.2 Å². The maximum absolute atomic E-state index is 13.8. The third-order valence-corrected chi connectivity index (χ3v) is 8.53. The molecule has 2 N–H and O–H groups in total. The molecule has 214 valence electrons. The zero-order valence-electron chi connectivity index (χ0n) is 24.7. The number of esters is 2. The second-order valence-electron chi connectivity index (χ2n) is 11.7. The smallest absolute Gasteiger partial charge is 0.339 e. The zero-order chi connectivity index (χ0) is 29.6. The van der Waals surface area contributed by atoms with E-state index in [2.05, 4.69) is 9.64 Å². The van der Waals surface area contributed by atoms with Gasteiger partial charge in [-0.2, -0.15) is 0 Å². The van der Waals surface area contributed by atoms with Crippen LogP contribution in [0.3, 0.4) is 0 Å². The molecular weight excluding hydrogens is 506 g/mol. The lowest BCUT2D eigenvalue weighted by molar-refractivity contribution is -0.178. The molecule has 3 aliphatic heterocycles. The molecule has 0 radical (unpaired) electrons. The topological polar surface area (TPSA) is 124 Å². The quantitative estimate of drug-likeness (QED) is 0.446. The van der Waals surface area contributed by atoms with Crippen molar-refractivity contribution in [2.24, 2.45) is 0 Å². The van der Waals surface area contributed by atoms with Crippen molar-refractivity contribution in [2.45, 2.75) is 87.6 Å². The van der Waals surface area contributed by atoms with Crippen molar-refractivity contribution in [1.82, 2.24) is 4.90 Å². The molecule has 0 bridgehead atoms. The van der Waals surface area contributed by atoms with Crippen molar-refractivity contribution in [1.29, 1.82) is 0 Å². The summed E-state index contributed by atoms with van der Waals surface area (Å²) in [5.74, 6) is -0.713. The summed E-state index contributed by atoms with van der Waals surface area (Å²) in [7, 11) is -0.384. The number of fused-ring (bicyclic) bond motifs is 3. The number of carbonyl (C=O) groups is 2. The molecule has 0 saturated carbocycles. The molecule has 39 heavy (non-hydrogen) atoms. The second kappa shape index (κ2) is 10.3. The van der Waals surface area contributed by atoms with E-state index in [9.17, 15) is 19.8 Å². The molecule has 10 heteroatoms. The molecule has 3 heterocycles. The second-order valence-corrected chi connectivity index (χ2v) is 11.7. The van der Waals surface area contributed by atoms with Crippen LogP contribution in [0.2, 0.25) is 0 Å². The number of methoxy groups -OCH3 is 2. The summed E-state index contributed by atoms with van der Waals surface area (Å²) in [6, 6.07) is 3.94. The lowest BCUT2D eigenvalue weighted by Crippen LogP contribution is -2.49. The summed E-state index contributed by atoms with van der Waals surface area (Å²) in [4.78, 5) is 28.7. The molecule has 1 fully saturated rings. The highest BCUT2D eigenvalue weighted by Crippen LogP contribution is 2.55. The Morgan fingerprint density at radius 1 is 1.21 bits per heavy atom. The van der Waals surface area contributed by atoms with Crippen molar-refractivity contribution in [3.05, 3.63) is 35.1 Å². The number of benzene rings is 1. The van der Waals surface area contributed by atoms with Crippen LogP contribution >= 0.6 is 0 Å². The van der Waals surface area contributed by atoms with Gasteiger partial charge < -0.3 is 33.9 Å². The van der Waals surface area contributed by atoms with E-state index in [1.54, 1.807) is 13.8 Å². The molecule has 4 atom stereocenters. The molecule has 1 spiro atoms. The minimum atomic E-state index is -2.30. The van der Waals surface area contributed by atoms with E-state index in [4.69, 9.17) is 21.7 Å². The van der Waals surface area contributed by atoms with Gasteiger partial charge in [-0.05, 0) is 88.3 Å². The van der Waals surface area contributed by atoms with Crippen molar-refractivity contribution < 1.29 is 46.2 Å². The van der Waals surface area contributed by atoms with Crippen LogP contribution < -0.4 is 9.47 Å². The van der Waals surface area contributed by atoms with E-state index >= 15 is 0 Å². The zero-order valence-corrected chi connectivity index (χ0v) is 22.7. The molecule has 10 nitrogen and oxygen atoms in total. The molecule has 1 saturated heterocycles. The number of hydrogen-bond acceptors (Lipinski definition) is 10. The van der Waals surface area contributed by atoms with Crippen LogP contribution in [0, 0.1) is 0 Å². The largest absolute Gasteiger partial charge is 0.497 e.